The van der Waals surface area contributed by atoms with Gasteiger partial charge in [-0.15, -0.1) is 0 Å². The minimum absolute atomic E-state index is 0.0239. The van der Waals surface area contributed by atoms with Crippen molar-refractivity contribution in [2.45, 2.75) is 52.4 Å². The molecule has 0 atom stereocenters. The Kier molecular flexibility index (Phi) is 6.73. The van der Waals surface area contributed by atoms with E-state index in [0.717, 1.165) is 39.1 Å². The fourth-order valence-electron chi connectivity index (χ4n) is 3.68. The number of ether oxygens (including phenoxy) is 1. The van der Waals surface area contributed by atoms with Crippen LogP contribution in [0.3, 0.4) is 0 Å². The zero-order valence-corrected chi connectivity index (χ0v) is 17.4. The molecule has 3 rings (SSSR count). The molecule has 0 spiro atoms. The lowest BCUT2D eigenvalue weighted by Crippen LogP contribution is -2.24. The molecule has 1 radical (unpaired) electrons. The molecular weight excluding hydrogens is 360 g/mol. The largest absolute Gasteiger partial charge is 0.489 e. The summed E-state index contributed by atoms with van der Waals surface area (Å²) in [6, 6.07) is 22.9. The van der Waals surface area contributed by atoms with Gasteiger partial charge >= 0.3 is 0 Å². The Labute approximate surface area is 173 Å². The summed E-state index contributed by atoms with van der Waals surface area (Å²) in [6.45, 7) is 6.51. The highest BCUT2D eigenvalue weighted by Crippen LogP contribution is 2.34. The van der Waals surface area contributed by atoms with Crippen LogP contribution >= 0.6 is 0 Å². The number of aryl methyl sites for hydroxylation is 1. The molecule has 0 amide bonds. The fourth-order valence-corrected chi connectivity index (χ4v) is 3.68. The van der Waals surface area contributed by atoms with E-state index in [9.17, 15) is 10.2 Å². The first-order chi connectivity index (χ1) is 14.0. The van der Waals surface area contributed by atoms with E-state index < -0.39 is 5.60 Å². The second-order valence-electron chi connectivity index (χ2n) is 7.47. The molecule has 3 heteroatoms. The first-order valence-corrected chi connectivity index (χ1v) is 10.2. The summed E-state index contributed by atoms with van der Waals surface area (Å²) in [7, 11) is 0. The molecule has 29 heavy (non-hydrogen) atoms. The van der Waals surface area contributed by atoms with Crippen LogP contribution < -0.4 is 4.74 Å². The molecule has 0 aliphatic heterocycles. The SMILES string of the molecule is CCC(O)(CC)c1ccc(-c2cccc(OCc3cc[c]c(CO)c3)c2)cc1C. The van der Waals surface area contributed by atoms with Crippen LogP contribution in [0.5, 0.6) is 5.75 Å². The molecule has 151 valence electrons. The number of hydrogen-bond acceptors (Lipinski definition) is 3. The van der Waals surface area contributed by atoms with Crippen LogP contribution in [0.15, 0.2) is 60.7 Å². The zero-order chi connectivity index (χ0) is 20.9. The van der Waals surface area contributed by atoms with Crippen molar-refractivity contribution in [1.29, 1.82) is 0 Å². The van der Waals surface area contributed by atoms with Gasteiger partial charge < -0.3 is 14.9 Å². The molecule has 0 bridgehead atoms. The van der Waals surface area contributed by atoms with E-state index >= 15 is 0 Å². The fraction of sp³-hybridized carbons (Fsp3) is 0.308. The Morgan fingerprint density at radius 3 is 2.41 bits per heavy atom. The van der Waals surface area contributed by atoms with Crippen LogP contribution in [-0.2, 0) is 18.8 Å². The van der Waals surface area contributed by atoms with Gasteiger partial charge in [-0.2, -0.15) is 0 Å². The first-order valence-electron chi connectivity index (χ1n) is 10.2. The maximum atomic E-state index is 10.9. The van der Waals surface area contributed by atoms with Crippen molar-refractivity contribution in [2.75, 3.05) is 0 Å². The molecule has 0 aliphatic carbocycles. The number of aliphatic hydroxyl groups excluding tert-OH is 1. The second kappa shape index (κ2) is 9.25. The molecule has 0 saturated carbocycles. The van der Waals surface area contributed by atoms with E-state index in [0.29, 0.717) is 19.4 Å². The summed E-state index contributed by atoms with van der Waals surface area (Å²) in [5, 5.41) is 20.1. The van der Waals surface area contributed by atoms with Gasteiger partial charge in [0, 0.05) is 0 Å². The Bertz CT molecular complexity index is 958. The molecule has 3 nitrogen and oxygen atoms in total. The van der Waals surface area contributed by atoms with E-state index in [2.05, 4.69) is 31.2 Å². The minimum atomic E-state index is -0.770. The molecular formula is C26H29O3. The Balaban J connectivity index is 1.79. The first kappa shape index (κ1) is 21.1. The van der Waals surface area contributed by atoms with Gasteiger partial charge in [0.2, 0.25) is 0 Å². The van der Waals surface area contributed by atoms with E-state index in [-0.39, 0.29) is 6.61 Å². The summed E-state index contributed by atoms with van der Waals surface area (Å²) >= 11 is 0. The maximum absolute atomic E-state index is 10.9. The highest BCUT2D eigenvalue weighted by molar-refractivity contribution is 5.66. The number of aliphatic hydroxyl groups is 2. The van der Waals surface area contributed by atoms with Gasteiger partial charge in [-0.25, -0.2) is 0 Å². The van der Waals surface area contributed by atoms with E-state index in [1.807, 2.05) is 50.2 Å². The Morgan fingerprint density at radius 2 is 1.72 bits per heavy atom. The van der Waals surface area contributed by atoms with Crippen molar-refractivity contribution in [3.8, 4) is 16.9 Å². The van der Waals surface area contributed by atoms with E-state index in [4.69, 9.17) is 4.74 Å². The number of hydrogen-bond donors (Lipinski definition) is 2. The molecule has 0 aliphatic rings. The summed E-state index contributed by atoms with van der Waals surface area (Å²) in [6.07, 6.45) is 1.39. The van der Waals surface area contributed by atoms with Gasteiger partial charge in [0.15, 0.2) is 0 Å². The number of benzene rings is 3. The van der Waals surface area contributed by atoms with Crippen LogP contribution in [0.25, 0.3) is 11.1 Å². The van der Waals surface area contributed by atoms with Gasteiger partial charge in [-0.3, -0.25) is 0 Å². The van der Waals surface area contributed by atoms with Crippen LogP contribution in [0.1, 0.15) is 48.9 Å². The lowest BCUT2D eigenvalue weighted by atomic mass is 9.84. The van der Waals surface area contributed by atoms with Crippen molar-refractivity contribution < 1.29 is 14.9 Å². The zero-order valence-electron chi connectivity index (χ0n) is 17.4. The summed E-state index contributed by atoms with van der Waals surface area (Å²) in [4.78, 5) is 0. The minimum Gasteiger partial charge on any atom is -0.489 e. The highest BCUT2D eigenvalue weighted by Gasteiger charge is 2.26. The molecule has 0 unspecified atom stereocenters. The van der Waals surface area contributed by atoms with Crippen molar-refractivity contribution in [1.82, 2.24) is 0 Å². The molecule has 0 saturated heterocycles. The van der Waals surface area contributed by atoms with Gasteiger partial charge in [-0.1, -0.05) is 56.3 Å². The van der Waals surface area contributed by atoms with Gasteiger partial charge in [0.1, 0.15) is 12.4 Å². The van der Waals surface area contributed by atoms with Crippen LogP contribution in [0.2, 0.25) is 0 Å². The van der Waals surface area contributed by atoms with Crippen LogP contribution in [0.4, 0.5) is 0 Å². The van der Waals surface area contributed by atoms with Crippen molar-refractivity contribution in [2.24, 2.45) is 0 Å². The Morgan fingerprint density at radius 1 is 0.966 bits per heavy atom. The van der Waals surface area contributed by atoms with Crippen molar-refractivity contribution in [3.05, 3.63) is 89.0 Å². The van der Waals surface area contributed by atoms with Gasteiger partial charge in [0.25, 0.3) is 0 Å². The monoisotopic (exact) mass is 389 g/mol. The van der Waals surface area contributed by atoms with Crippen LogP contribution in [0, 0.1) is 13.0 Å². The normalized spacial score (nSPS) is 11.5. The van der Waals surface area contributed by atoms with E-state index in [1.165, 1.54) is 0 Å². The van der Waals surface area contributed by atoms with Crippen LogP contribution in [-0.4, -0.2) is 10.2 Å². The summed E-state index contributed by atoms with van der Waals surface area (Å²) in [5.41, 5.74) is 5.26. The molecule has 2 N–H and O–H groups in total. The third-order valence-electron chi connectivity index (χ3n) is 5.57. The lowest BCUT2D eigenvalue weighted by molar-refractivity contribution is 0.0278. The third-order valence-corrected chi connectivity index (χ3v) is 5.57. The summed E-state index contributed by atoms with van der Waals surface area (Å²) < 4.78 is 5.96. The Hall–Kier alpha value is -2.62. The molecule has 0 fully saturated rings. The predicted molar refractivity (Wildman–Crippen MR) is 117 cm³/mol. The predicted octanol–water partition coefficient (Wildman–Crippen LogP) is 5.54. The molecule has 3 aromatic carbocycles. The van der Waals surface area contributed by atoms with Gasteiger partial charge in [0.05, 0.1) is 12.2 Å². The van der Waals surface area contributed by atoms with Gasteiger partial charge in [-0.05, 0) is 77.4 Å². The van der Waals surface area contributed by atoms with Crippen molar-refractivity contribution >= 4 is 0 Å². The highest BCUT2D eigenvalue weighted by atomic mass is 16.5. The molecule has 0 heterocycles. The summed E-state index contributed by atoms with van der Waals surface area (Å²) in [5.74, 6) is 0.793. The average Bonchev–Trinajstić information content (AvgIpc) is 2.77. The smallest absolute Gasteiger partial charge is 0.120 e. The lowest BCUT2D eigenvalue weighted by Gasteiger charge is -2.28. The topological polar surface area (TPSA) is 49.7 Å². The molecule has 0 aromatic heterocycles. The quantitative estimate of drug-likeness (QED) is 0.532. The average molecular weight is 390 g/mol. The van der Waals surface area contributed by atoms with Crippen molar-refractivity contribution in [3.63, 3.8) is 0 Å². The number of rotatable bonds is 8. The standard InChI is InChI=1S/C26H29O3/c1-4-26(28,5-2)25-13-12-23(14-19(25)3)22-10-7-11-24(16-22)29-18-21-9-6-8-20(15-21)17-27/h6-7,9-16,27-28H,4-5,17-18H2,1-3H3. The third kappa shape index (κ3) is 4.87. The second-order valence-corrected chi connectivity index (χ2v) is 7.47. The van der Waals surface area contributed by atoms with E-state index in [1.54, 1.807) is 6.07 Å². The molecule has 3 aromatic rings. The maximum Gasteiger partial charge on any atom is 0.120 e.